The Morgan fingerprint density at radius 1 is 1.42 bits per heavy atom. The third-order valence-corrected chi connectivity index (χ3v) is 4.53. The van der Waals surface area contributed by atoms with Crippen molar-refractivity contribution in [3.8, 4) is 0 Å². The smallest absolute Gasteiger partial charge is 0.201 e. The van der Waals surface area contributed by atoms with Crippen LogP contribution in [-0.4, -0.2) is 9.55 Å². The van der Waals surface area contributed by atoms with Crippen LogP contribution in [0.1, 0.15) is 4.88 Å². The van der Waals surface area contributed by atoms with Gasteiger partial charge < -0.3 is 10.3 Å². The first-order chi connectivity index (χ1) is 9.15. The van der Waals surface area contributed by atoms with Crippen LogP contribution in [0.15, 0.2) is 34.1 Å². The SMILES string of the molecule is Nc1nc2cc(F)c(Br)cc2n1CCc1cccs1. The van der Waals surface area contributed by atoms with E-state index in [2.05, 4.69) is 32.4 Å². The van der Waals surface area contributed by atoms with E-state index in [1.165, 1.54) is 10.9 Å². The number of fused-ring (bicyclic) bond motifs is 1. The maximum atomic E-state index is 13.5. The molecule has 0 aliphatic heterocycles. The van der Waals surface area contributed by atoms with Crippen molar-refractivity contribution in [2.24, 2.45) is 0 Å². The van der Waals surface area contributed by atoms with Crippen molar-refractivity contribution >= 4 is 44.2 Å². The molecule has 0 amide bonds. The number of thiophene rings is 1. The number of anilines is 1. The predicted molar refractivity (Wildman–Crippen MR) is 79.8 cm³/mol. The lowest BCUT2D eigenvalue weighted by atomic mass is 10.3. The molecule has 3 nitrogen and oxygen atoms in total. The molecular formula is C13H11BrFN3S. The number of benzene rings is 1. The number of aryl methyl sites for hydroxylation is 2. The Morgan fingerprint density at radius 2 is 2.26 bits per heavy atom. The zero-order valence-corrected chi connectivity index (χ0v) is 12.3. The zero-order valence-electron chi connectivity index (χ0n) is 9.94. The maximum Gasteiger partial charge on any atom is 0.201 e. The second-order valence-electron chi connectivity index (χ2n) is 4.21. The number of halogens is 2. The summed E-state index contributed by atoms with van der Waals surface area (Å²) in [6, 6.07) is 7.25. The third kappa shape index (κ3) is 2.37. The van der Waals surface area contributed by atoms with E-state index in [0.717, 1.165) is 18.5 Å². The molecule has 0 spiro atoms. The molecule has 0 fully saturated rings. The van der Waals surface area contributed by atoms with Gasteiger partial charge in [0.05, 0.1) is 15.5 Å². The van der Waals surface area contributed by atoms with Gasteiger partial charge in [-0.15, -0.1) is 11.3 Å². The molecule has 2 aromatic heterocycles. The van der Waals surface area contributed by atoms with Crippen LogP contribution in [0.4, 0.5) is 10.3 Å². The Bertz CT molecular complexity index is 721. The fraction of sp³-hybridized carbons (Fsp3) is 0.154. The van der Waals surface area contributed by atoms with E-state index in [0.29, 0.717) is 15.9 Å². The van der Waals surface area contributed by atoms with Crippen LogP contribution in [0, 0.1) is 5.82 Å². The second-order valence-corrected chi connectivity index (χ2v) is 6.09. The van der Waals surface area contributed by atoms with Gasteiger partial charge >= 0.3 is 0 Å². The van der Waals surface area contributed by atoms with Gasteiger partial charge in [-0.25, -0.2) is 9.37 Å². The highest BCUT2D eigenvalue weighted by Crippen LogP contribution is 2.25. The Morgan fingerprint density at radius 3 is 3.00 bits per heavy atom. The summed E-state index contributed by atoms with van der Waals surface area (Å²) >= 11 is 4.91. The first-order valence-corrected chi connectivity index (χ1v) is 7.45. The number of hydrogen-bond donors (Lipinski definition) is 1. The Balaban J connectivity index is 1.98. The van der Waals surface area contributed by atoms with E-state index in [4.69, 9.17) is 5.73 Å². The summed E-state index contributed by atoms with van der Waals surface area (Å²) in [5.74, 6) is 0.0967. The fourth-order valence-corrected chi connectivity index (χ4v) is 3.08. The molecule has 0 aliphatic rings. The number of aromatic nitrogens is 2. The molecule has 0 unspecified atom stereocenters. The van der Waals surface area contributed by atoms with Gasteiger partial charge in [-0.2, -0.15) is 0 Å². The van der Waals surface area contributed by atoms with Gasteiger partial charge in [0.2, 0.25) is 5.95 Å². The summed E-state index contributed by atoms with van der Waals surface area (Å²) in [5.41, 5.74) is 7.35. The van der Waals surface area contributed by atoms with Crippen LogP contribution < -0.4 is 5.73 Å². The minimum Gasteiger partial charge on any atom is -0.369 e. The molecule has 0 saturated carbocycles. The molecule has 19 heavy (non-hydrogen) atoms. The van der Waals surface area contributed by atoms with E-state index < -0.39 is 0 Å². The standard InChI is InChI=1S/C13H11BrFN3S/c14-9-6-12-11(7-10(9)15)17-13(16)18(12)4-3-8-2-1-5-19-8/h1-2,5-7H,3-4H2,(H2,16,17). The molecule has 1 aromatic carbocycles. The van der Waals surface area contributed by atoms with Gasteiger partial charge in [-0.3, -0.25) is 0 Å². The van der Waals surface area contributed by atoms with Gasteiger partial charge in [-0.05, 0) is 39.9 Å². The number of rotatable bonds is 3. The summed E-state index contributed by atoms with van der Waals surface area (Å²) in [5, 5.41) is 2.05. The zero-order chi connectivity index (χ0) is 13.4. The van der Waals surface area contributed by atoms with Crippen LogP contribution in [0.2, 0.25) is 0 Å². The van der Waals surface area contributed by atoms with Crippen LogP contribution >= 0.6 is 27.3 Å². The minimum absolute atomic E-state index is 0.324. The van der Waals surface area contributed by atoms with Crippen molar-refractivity contribution in [1.29, 1.82) is 0 Å². The first kappa shape index (κ1) is 12.6. The normalized spacial score (nSPS) is 11.3. The lowest BCUT2D eigenvalue weighted by Crippen LogP contribution is -2.05. The average Bonchev–Trinajstić information content (AvgIpc) is 2.96. The number of nitrogen functional groups attached to an aromatic ring is 1. The molecule has 3 rings (SSSR count). The molecule has 98 valence electrons. The lowest BCUT2D eigenvalue weighted by molar-refractivity contribution is 0.622. The number of hydrogen-bond acceptors (Lipinski definition) is 3. The van der Waals surface area contributed by atoms with Crippen molar-refractivity contribution in [1.82, 2.24) is 9.55 Å². The summed E-state index contributed by atoms with van der Waals surface area (Å²) in [4.78, 5) is 5.49. The monoisotopic (exact) mass is 339 g/mol. The largest absolute Gasteiger partial charge is 0.369 e. The van der Waals surface area contributed by atoms with Gasteiger partial charge in [0.25, 0.3) is 0 Å². The number of nitrogens with zero attached hydrogens (tertiary/aromatic N) is 2. The van der Waals surface area contributed by atoms with E-state index in [1.54, 1.807) is 17.4 Å². The Labute approximate surface area is 122 Å². The van der Waals surface area contributed by atoms with E-state index in [9.17, 15) is 4.39 Å². The topological polar surface area (TPSA) is 43.8 Å². The molecular weight excluding hydrogens is 329 g/mol. The quantitative estimate of drug-likeness (QED) is 0.788. The van der Waals surface area contributed by atoms with Gasteiger partial charge in [0.15, 0.2) is 0 Å². The molecule has 0 atom stereocenters. The van der Waals surface area contributed by atoms with Crippen molar-refractivity contribution in [2.45, 2.75) is 13.0 Å². The van der Waals surface area contributed by atoms with E-state index in [1.807, 2.05) is 10.6 Å². The summed E-state index contributed by atoms with van der Waals surface area (Å²) in [6.07, 6.45) is 0.891. The highest BCUT2D eigenvalue weighted by atomic mass is 79.9. The molecule has 2 N–H and O–H groups in total. The van der Waals surface area contributed by atoms with Gasteiger partial charge in [0.1, 0.15) is 5.82 Å². The first-order valence-electron chi connectivity index (χ1n) is 5.78. The summed E-state index contributed by atoms with van der Waals surface area (Å²) in [7, 11) is 0. The molecule has 0 aliphatic carbocycles. The van der Waals surface area contributed by atoms with Crippen LogP contribution in [0.3, 0.4) is 0 Å². The average molecular weight is 340 g/mol. The highest BCUT2D eigenvalue weighted by molar-refractivity contribution is 9.10. The van der Waals surface area contributed by atoms with Crippen LogP contribution in [-0.2, 0) is 13.0 Å². The Kier molecular flexibility index (Phi) is 3.28. The van der Waals surface area contributed by atoms with Crippen LogP contribution in [0.5, 0.6) is 0 Å². The fourth-order valence-electron chi connectivity index (χ4n) is 2.05. The van der Waals surface area contributed by atoms with Crippen LogP contribution in [0.25, 0.3) is 11.0 Å². The lowest BCUT2D eigenvalue weighted by Gasteiger charge is -2.05. The predicted octanol–water partition coefficient (Wildman–Crippen LogP) is 3.82. The van der Waals surface area contributed by atoms with Crippen molar-refractivity contribution in [3.63, 3.8) is 0 Å². The molecule has 0 bridgehead atoms. The number of nitrogens with two attached hydrogens (primary N) is 1. The third-order valence-electron chi connectivity index (χ3n) is 2.98. The number of imidazole rings is 1. The van der Waals surface area contributed by atoms with Gasteiger partial charge in [-0.1, -0.05) is 6.07 Å². The molecule has 2 heterocycles. The molecule has 0 saturated heterocycles. The maximum absolute atomic E-state index is 13.5. The van der Waals surface area contributed by atoms with Crippen molar-refractivity contribution in [2.75, 3.05) is 5.73 Å². The second kappa shape index (κ2) is 4.94. The van der Waals surface area contributed by atoms with E-state index >= 15 is 0 Å². The summed E-state index contributed by atoms with van der Waals surface area (Å²) < 4.78 is 15.8. The summed E-state index contributed by atoms with van der Waals surface area (Å²) in [6.45, 7) is 0.737. The van der Waals surface area contributed by atoms with Crippen molar-refractivity contribution in [3.05, 3.63) is 44.8 Å². The molecule has 0 radical (unpaired) electrons. The highest BCUT2D eigenvalue weighted by Gasteiger charge is 2.11. The minimum atomic E-state index is -0.324. The molecule has 3 aromatic rings. The molecule has 6 heteroatoms. The van der Waals surface area contributed by atoms with E-state index in [-0.39, 0.29) is 5.82 Å². The van der Waals surface area contributed by atoms with Gasteiger partial charge in [0, 0.05) is 17.5 Å². The Hall–Kier alpha value is -1.40. The van der Waals surface area contributed by atoms with Crippen molar-refractivity contribution < 1.29 is 4.39 Å².